The van der Waals surface area contributed by atoms with Gasteiger partial charge in [0, 0.05) is 29.2 Å². The van der Waals surface area contributed by atoms with Crippen molar-refractivity contribution in [1.29, 1.82) is 0 Å². The maximum absolute atomic E-state index is 13.0. The molecular formula is C25H28O6. The predicted molar refractivity (Wildman–Crippen MR) is 116 cm³/mol. The third-order valence-corrected chi connectivity index (χ3v) is 6.21. The topological polar surface area (TPSA) is 96.2 Å². The summed E-state index contributed by atoms with van der Waals surface area (Å²) in [5, 5.41) is 30.4. The lowest BCUT2D eigenvalue weighted by Crippen LogP contribution is -2.42. The maximum Gasteiger partial charge on any atom is 0.174 e. The lowest BCUT2D eigenvalue weighted by Gasteiger charge is -2.41. The van der Waals surface area contributed by atoms with Gasteiger partial charge in [0.25, 0.3) is 0 Å². The van der Waals surface area contributed by atoms with E-state index in [1.807, 2.05) is 13.8 Å². The fourth-order valence-corrected chi connectivity index (χ4v) is 4.38. The van der Waals surface area contributed by atoms with Crippen molar-refractivity contribution in [2.24, 2.45) is 5.92 Å². The van der Waals surface area contributed by atoms with Crippen LogP contribution in [-0.4, -0.2) is 26.7 Å². The first-order valence-corrected chi connectivity index (χ1v) is 10.5. The van der Waals surface area contributed by atoms with Crippen molar-refractivity contribution in [1.82, 2.24) is 0 Å². The first-order valence-electron chi connectivity index (χ1n) is 10.5. The molecule has 0 aromatic heterocycles. The number of hydrogen-bond donors (Lipinski definition) is 3. The van der Waals surface area contributed by atoms with Crippen molar-refractivity contribution in [2.75, 3.05) is 0 Å². The van der Waals surface area contributed by atoms with E-state index >= 15 is 0 Å². The van der Waals surface area contributed by atoms with E-state index in [0.717, 1.165) is 12.0 Å². The van der Waals surface area contributed by atoms with E-state index in [1.54, 1.807) is 6.07 Å². The first kappa shape index (κ1) is 21.1. The van der Waals surface area contributed by atoms with E-state index in [0.29, 0.717) is 23.5 Å². The fraction of sp³-hybridized carbons (Fsp3) is 0.400. The largest absolute Gasteiger partial charge is 0.508 e. The molecule has 1 unspecified atom stereocenters. The summed E-state index contributed by atoms with van der Waals surface area (Å²) in [6.07, 6.45) is 2.89. The number of carbonyl (C=O) groups excluding carboxylic acids is 1. The highest BCUT2D eigenvalue weighted by Gasteiger charge is 2.42. The minimum Gasteiger partial charge on any atom is -0.508 e. The third kappa shape index (κ3) is 3.82. The Morgan fingerprint density at radius 3 is 2.55 bits per heavy atom. The van der Waals surface area contributed by atoms with Crippen LogP contribution in [0.15, 0.2) is 35.9 Å². The molecule has 3 N–H and O–H groups in total. The summed E-state index contributed by atoms with van der Waals surface area (Å²) < 4.78 is 12.5. The Kier molecular flexibility index (Phi) is 5.12. The van der Waals surface area contributed by atoms with E-state index in [-0.39, 0.29) is 40.9 Å². The molecule has 0 saturated carbocycles. The fourth-order valence-electron chi connectivity index (χ4n) is 4.38. The lowest BCUT2D eigenvalue weighted by molar-refractivity contribution is 0.0255. The van der Waals surface area contributed by atoms with Gasteiger partial charge < -0.3 is 24.8 Å². The van der Waals surface area contributed by atoms with Crippen LogP contribution in [0, 0.1) is 5.92 Å². The van der Waals surface area contributed by atoms with Crippen molar-refractivity contribution < 1.29 is 29.6 Å². The van der Waals surface area contributed by atoms with Gasteiger partial charge in [0.15, 0.2) is 5.78 Å². The normalized spacial score (nSPS) is 21.4. The number of allylic oxidation sites excluding steroid dienone is 2. The summed E-state index contributed by atoms with van der Waals surface area (Å²) in [7, 11) is 0. The van der Waals surface area contributed by atoms with E-state index in [4.69, 9.17) is 9.47 Å². The van der Waals surface area contributed by atoms with Gasteiger partial charge in [-0.15, -0.1) is 0 Å². The van der Waals surface area contributed by atoms with E-state index in [2.05, 4.69) is 19.9 Å². The van der Waals surface area contributed by atoms with Gasteiger partial charge in [-0.05, 0) is 52.7 Å². The van der Waals surface area contributed by atoms with E-state index in [9.17, 15) is 20.1 Å². The summed E-state index contributed by atoms with van der Waals surface area (Å²) >= 11 is 0. The number of carbonyl (C=O) groups is 1. The number of rotatable bonds is 3. The Morgan fingerprint density at radius 1 is 1.13 bits per heavy atom. The van der Waals surface area contributed by atoms with Gasteiger partial charge >= 0.3 is 0 Å². The van der Waals surface area contributed by atoms with Crippen LogP contribution in [0.5, 0.6) is 28.7 Å². The van der Waals surface area contributed by atoms with Crippen LogP contribution < -0.4 is 9.47 Å². The van der Waals surface area contributed by atoms with Crippen molar-refractivity contribution >= 4 is 5.78 Å². The number of ether oxygens (including phenoxy) is 2. The number of benzene rings is 2. The second-order valence-electron chi connectivity index (χ2n) is 9.18. The second kappa shape index (κ2) is 7.52. The average Bonchev–Trinajstić information content (AvgIpc) is 2.65. The Bertz CT molecular complexity index is 1080. The molecule has 0 saturated heterocycles. The van der Waals surface area contributed by atoms with Gasteiger partial charge in [-0.2, -0.15) is 0 Å². The SMILES string of the molecule is CC(C)=CCC1Cc2c(cc(O)c3c2O[C@H](c2ccc(O)cc2O)CC3=O)OC1(C)C. The Balaban J connectivity index is 1.78. The summed E-state index contributed by atoms with van der Waals surface area (Å²) in [6, 6.07) is 5.71. The van der Waals surface area contributed by atoms with E-state index < -0.39 is 11.7 Å². The van der Waals surface area contributed by atoms with Gasteiger partial charge in [0.05, 0.1) is 6.42 Å². The van der Waals surface area contributed by atoms with Crippen molar-refractivity contribution in [3.8, 4) is 28.7 Å². The smallest absolute Gasteiger partial charge is 0.174 e. The first-order chi connectivity index (χ1) is 14.6. The molecule has 6 nitrogen and oxygen atoms in total. The van der Waals surface area contributed by atoms with Crippen molar-refractivity contribution in [3.05, 3.63) is 52.6 Å². The van der Waals surface area contributed by atoms with Crippen LogP contribution in [-0.2, 0) is 6.42 Å². The molecule has 2 aromatic rings. The van der Waals surface area contributed by atoms with Crippen molar-refractivity contribution in [2.45, 2.75) is 58.7 Å². The molecule has 0 spiro atoms. The number of phenols is 3. The monoisotopic (exact) mass is 424 g/mol. The highest BCUT2D eigenvalue weighted by Crippen LogP contribution is 2.51. The van der Waals surface area contributed by atoms with Crippen LogP contribution in [0.4, 0.5) is 0 Å². The zero-order valence-electron chi connectivity index (χ0n) is 18.2. The molecule has 2 aliphatic heterocycles. The highest BCUT2D eigenvalue weighted by molar-refractivity contribution is 6.03. The molecule has 0 bridgehead atoms. The molecule has 2 atom stereocenters. The molecule has 0 amide bonds. The van der Waals surface area contributed by atoms with Crippen LogP contribution in [0.3, 0.4) is 0 Å². The molecular weight excluding hydrogens is 396 g/mol. The Morgan fingerprint density at radius 2 is 1.87 bits per heavy atom. The van der Waals surface area contributed by atoms with Crippen LogP contribution in [0.1, 0.15) is 68.1 Å². The number of phenolic OH excluding ortho intramolecular Hbond substituents is 3. The Hall–Kier alpha value is -3.15. The standard InChI is InChI=1S/C25H28O6/c1-13(2)5-6-14-9-17-22(31-25(14,3)4)12-20(29)23-19(28)11-21(30-24(17)23)16-8-7-15(26)10-18(16)27/h5,7-8,10,12,14,21,26-27,29H,6,9,11H2,1-4H3/t14?,21-/m0/s1. The van der Waals surface area contributed by atoms with Gasteiger partial charge in [-0.1, -0.05) is 11.6 Å². The molecule has 6 heteroatoms. The second-order valence-corrected chi connectivity index (χ2v) is 9.18. The minimum atomic E-state index is -0.724. The molecule has 2 aromatic carbocycles. The zero-order valence-corrected chi connectivity index (χ0v) is 18.2. The number of Topliss-reactive ketones (excluding diaryl/α,β-unsaturated/α-hetero) is 1. The quantitative estimate of drug-likeness (QED) is 0.587. The van der Waals surface area contributed by atoms with Crippen LogP contribution in [0.2, 0.25) is 0 Å². The lowest BCUT2D eigenvalue weighted by atomic mass is 9.78. The molecule has 164 valence electrons. The highest BCUT2D eigenvalue weighted by atomic mass is 16.5. The zero-order chi connectivity index (χ0) is 22.5. The van der Waals surface area contributed by atoms with Gasteiger partial charge in [-0.25, -0.2) is 0 Å². The number of aromatic hydroxyl groups is 3. The Labute approximate surface area is 181 Å². The third-order valence-electron chi connectivity index (χ3n) is 6.21. The summed E-state index contributed by atoms with van der Waals surface area (Å²) in [4.78, 5) is 13.0. The molecule has 4 rings (SSSR count). The summed E-state index contributed by atoms with van der Waals surface area (Å²) in [5.41, 5.74) is 2.11. The molecule has 0 fully saturated rings. The maximum atomic E-state index is 13.0. The molecule has 0 radical (unpaired) electrons. The summed E-state index contributed by atoms with van der Waals surface area (Å²) in [5.74, 6) is 0.352. The van der Waals surface area contributed by atoms with E-state index in [1.165, 1.54) is 23.8 Å². The van der Waals surface area contributed by atoms with Crippen molar-refractivity contribution in [3.63, 3.8) is 0 Å². The summed E-state index contributed by atoms with van der Waals surface area (Å²) in [6.45, 7) is 8.17. The number of ketones is 1. The van der Waals surface area contributed by atoms with Gasteiger partial charge in [0.2, 0.25) is 0 Å². The predicted octanol–water partition coefficient (Wildman–Crippen LogP) is 5.20. The van der Waals surface area contributed by atoms with Gasteiger partial charge in [0.1, 0.15) is 46.0 Å². The number of fused-ring (bicyclic) bond motifs is 3. The minimum absolute atomic E-state index is 0.0226. The average molecular weight is 424 g/mol. The molecule has 2 heterocycles. The van der Waals surface area contributed by atoms with Crippen LogP contribution in [0.25, 0.3) is 0 Å². The number of hydrogen-bond acceptors (Lipinski definition) is 6. The molecule has 2 aliphatic rings. The molecule has 0 aliphatic carbocycles. The van der Waals surface area contributed by atoms with Crippen LogP contribution >= 0.6 is 0 Å². The molecule has 31 heavy (non-hydrogen) atoms. The van der Waals surface area contributed by atoms with Gasteiger partial charge in [-0.3, -0.25) is 4.79 Å².